The molecule has 0 radical (unpaired) electrons. The Hall–Kier alpha value is -3.04. The highest BCUT2D eigenvalue weighted by Gasteiger charge is 2.53. The fourth-order valence-corrected chi connectivity index (χ4v) is 3.94. The highest BCUT2D eigenvalue weighted by molar-refractivity contribution is 5.15. The first-order valence-electron chi connectivity index (χ1n) is 10.5. The predicted molar refractivity (Wildman–Crippen MR) is 119 cm³/mol. The second-order valence-electron chi connectivity index (χ2n) is 8.13. The first-order chi connectivity index (χ1) is 15.4. The van der Waals surface area contributed by atoms with Crippen LogP contribution in [0.1, 0.15) is 24.3 Å². The second-order valence-corrected chi connectivity index (χ2v) is 8.13. The number of nitrogens with one attached hydrogen (secondary N) is 1. The lowest BCUT2D eigenvalue weighted by atomic mass is 9.93. The van der Waals surface area contributed by atoms with E-state index in [2.05, 4.69) is 4.98 Å². The molecule has 0 aliphatic carbocycles. The van der Waals surface area contributed by atoms with Crippen molar-refractivity contribution in [2.75, 3.05) is 6.61 Å². The monoisotopic (exact) mass is 437 g/mol. The van der Waals surface area contributed by atoms with Crippen molar-refractivity contribution >= 4 is 0 Å². The molecule has 2 heterocycles. The van der Waals surface area contributed by atoms with Crippen molar-refractivity contribution in [2.45, 2.75) is 44.1 Å². The van der Waals surface area contributed by atoms with Crippen LogP contribution in [-0.4, -0.2) is 33.9 Å². The Kier molecular flexibility index (Phi) is 6.66. The van der Waals surface area contributed by atoms with Crippen molar-refractivity contribution in [3.05, 3.63) is 105 Å². The van der Waals surface area contributed by atoms with Gasteiger partial charge in [-0.05, 0) is 18.1 Å². The summed E-state index contributed by atoms with van der Waals surface area (Å²) >= 11 is 0. The molecule has 0 bridgehead atoms. The number of benzene rings is 2. The summed E-state index contributed by atoms with van der Waals surface area (Å²) in [5.74, 6) is 0. The number of nitrogens with two attached hydrogens (primary N) is 1. The molecule has 0 unspecified atom stereocenters. The van der Waals surface area contributed by atoms with Gasteiger partial charge in [-0.3, -0.25) is 14.3 Å². The van der Waals surface area contributed by atoms with Gasteiger partial charge in [-0.25, -0.2) is 4.79 Å². The zero-order valence-electron chi connectivity index (χ0n) is 17.8. The van der Waals surface area contributed by atoms with E-state index in [1.165, 1.54) is 16.8 Å². The van der Waals surface area contributed by atoms with Gasteiger partial charge in [0.2, 0.25) is 0 Å². The lowest BCUT2D eigenvalue weighted by Crippen LogP contribution is -2.54. The maximum absolute atomic E-state index is 12.4. The molecule has 1 saturated heterocycles. The minimum absolute atomic E-state index is 0.232. The summed E-state index contributed by atoms with van der Waals surface area (Å²) in [5.41, 5.74) is 6.59. The van der Waals surface area contributed by atoms with Crippen LogP contribution in [0.25, 0.3) is 0 Å². The quantitative estimate of drug-likeness (QED) is 0.558. The van der Waals surface area contributed by atoms with Gasteiger partial charge in [-0.1, -0.05) is 60.7 Å². The molecule has 8 nitrogen and oxygen atoms in total. The number of ether oxygens (including phenoxy) is 3. The minimum Gasteiger partial charge on any atom is -0.374 e. The molecule has 4 rings (SSSR count). The van der Waals surface area contributed by atoms with Gasteiger partial charge < -0.3 is 19.9 Å². The summed E-state index contributed by atoms with van der Waals surface area (Å²) < 4.78 is 19.6. The third-order valence-corrected chi connectivity index (χ3v) is 5.56. The zero-order chi connectivity index (χ0) is 22.6. The van der Waals surface area contributed by atoms with E-state index in [1.807, 2.05) is 60.7 Å². The molecule has 3 N–H and O–H groups in total. The fraction of sp³-hybridized carbons (Fsp3) is 0.333. The average molecular weight is 437 g/mol. The van der Waals surface area contributed by atoms with E-state index in [0.29, 0.717) is 13.2 Å². The van der Waals surface area contributed by atoms with Gasteiger partial charge >= 0.3 is 5.69 Å². The molecule has 1 aliphatic rings. The fourth-order valence-electron chi connectivity index (χ4n) is 3.94. The number of nitrogens with zero attached hydrogens (tertiary/aromatic N) is 1. The van der Waals surface area contributed by atoms with E-state index in [0.717, 1.165) is 11.1 Å². The van der Waals surface area contributed by atoms with E-state index in [9.17, 15) is 9.59 Å². The number of rotatable bonds is 8. The average Bonchev–Trinajstić information content (AvgIpc) is 3.03. The molecule has 4 atom stereocenters. The van der Waals surface area contributed by atoms with Crippen molar-refractivity contribution < 1.29 is 14.2 Å². The van der Waals surface area contributed by atoms with Crippen LogP contribution in [0.15, 0.2) is 82.5 Å². The maximum atomic E-state index is 12.4. The van der Waals surface area contributed by atoms with Crippen molar-refractivity contribution in [1.29, 1.82) is 0 Å². The van der Waals surface area contributed by atoms with Crippen molar-refractivity contribution in [1.82, 2.24) is 9.55 Å². The molecule has 32 heavy (non-hydrogen) atoms. The number of aromatic nitrogens is 2. The molecule has 8 heteroatoms. The molecule has 1 aromatic heterocycles. The van der Waals surface area contributed by atoms with Crippen molar-refractivity contribution in [2.24, 2.45) is 5.73 Å². The van der Waals surface area contributed by atoms with Crippen LogP contribution in [-0.2, 0) is 27.4 Å². The second kappa shape index (κ2) is 9.62. The Bertz CT molecular complexity index is 1130. The molecule has 3 aromatic rings. The Labute approximate surface area is 185 Å². The van der Waals surface area contributed by atoms with Crippen LogP contribution in [0.2, 0.25) is 0 Å². The Balaban J connectivity index is 1.54. The van der Waals surface area contributed by atoms with Gasteiger partial charge in [0, 0.05) is 12.3 Å². The van der Waals surface area contributed by atoms with E-state index in [4.69, 9.17) is 19.9 Å². The smallest absolute Gasteiger partial charge is 0.330 e. The summed E-state index contributed by atoms with van der Waals surface area (Å²) in [6.07, 6.45) is -0.514. The molecule has 168 valence electrons. The summed E-state index contributed by atoms with van der Waals surface area (Å²) in [6.45, 7) is 2.76. The SMILES string of the molecule is C[C@]1(N)[C@H](OCc2ccccc2)[C@@H](COCc2ccccc2)O[C@H]1n1ccc(=O)[nH]c1=O. The van der Waals surface area contributed by atoms with Crippen LogP contribution in [0.4, 0.5) is 0 Å². The number of H-pyrrole nitrogens is 1. The van der Waals surface area contributed by atoms with Crippen LogP contribution in [0.5, 0.6) is 0 Å². The number of aromatic amines is 1. The lowest BCUT2D eigenvalue weighted by molar-refractivity contribution is -0.0832. The van der Waals surface area contributed by atoms with Gasteiger partial charge in [0.25, 0.3) is 5.56 Å². The van der Waals surface area contributed by atoms with Crippen LogP contribution >= 0.6 is 0 Å². The normalized spacial score (nSPS) is 25.1. The topological polar surface area (TPSA) is 109 Å². The highest BCUT2D eigenvalue weighted by atomic mass is 16.6. The largest absolute Gasteiger partial charge is 0.374 e. The van der Waals surface area contributed by atoms with Crippen molar-refractivity contribution in [3.63, 3.8) is 0 Å². The molecule has 2 aromatic carbocycles. The van der Waals surface area contributed by atoms with Gasteiger partial charge in [0.05, 0.1) is 25.4 Å². The van der Waals surface area contributed by atoms with Crippen LogP contribution in [0, 0.1) is 0 Å². The Morgan fingerprint density at radius 1 is 1.00 bits per heavy atom. The number of hydrogen-bond donors (Lipinski definition) is 2. The summed E-state index contributed by atoms with van der Waals surface area (Å²) in [6, 6.07) is 20.8. The Morgan fingerprint density at radius 3 is 2.25 bits per heavy atom. The van der Waals surface area contributed by atoms with Gasteiger partial charge in [-0.15, -0.1) is 0 Å². The zero-order valence-corrected chi connectivity index (χ0v) is 17.8. The van der Waals surface area contributed by atoms with Gasteiger partial charge in [0.1, 0.15) is 12.2 Å². The first kappa shape index (κ1) is 22.2. The lowest BCUT2D eigenvalue weighted by Gasteiger charge is -2.31. The minimum atomic E-state index is -1.06. The van der Waals surface area contributed by atoms with Crippen molar-refractivity contribution in [3.8, 4) is 0 Å². The summed E-state index contributed by atoms with van der Waals surface area (Å²) in [4.78, 5) is 26.2. The third-order valence-electron chi connectivity index (χ3n) is 5.56. The van der Waals surface area contributed by atoms with E-state index in [1.54, 1.807) is 6.92 Å². The number of hydrogen-bond acceptors (Lipinski definition) is 6. The van der Waals surface area contributed by atoms with E-state index < -0.39 is 35.2 Å². The highest BCUT2D eigenvalue weighted by Crippen LogP contribution is 2.38. The molecule has 0 saturated carbocycles. The molecular formula is C24H27N3O5. The maximum Gasteiger partial charge on any atom is 0.330 e. The molecule has 1 aliphatic heterocycles. The first-order valence-corrected chi connectivity index (χ1v) is 10.5. The predicted octanol–water partition coefficient (Wildman–Crippen LogP) is 1.95. The summed E-state index contributed by atoms with van der Waals surface area (Å²) in [5, 5.41) is 0. The van der Waals surface area contributed by atoms with Gasteiger partial charge in [-0.2, -0.15) is 0 Å². The van der Waals surface area contributed by atoms with Gasteiger partial charge in [0.15, 0.2) is 6.23 Å². The molecule has 0 spiro atoms. The standard InChI is InChI=1S/C24H27N3O5/c1-24(25)21(31-15-18-10-6-3-7-11-18)19(16-30-14-17-8-4-2-5-9-17)32-22(24)27-13-12-20(28)26-23(27)29/h2-13,19,21-22H,14-16,25H2,1H3,(H,26,28,29)/t19-,21-,22-,24+/m1/s1. The molecule has 0 amide bonds. The van der Waals surface area contributed by atoms with Crippen LogP contribution in [0.3, 0.4) is 0 Å². The summed E-state index contributed by atoms with van der Waals surface area (Å²) in [7, 11) is 0. The van der Waals surface area contributed by atoms with E-state index in [-0.39, 0.29) is 6.61 Å². The molecule has 1 fully saturated rings. The Morgan fingerprint density at radius 2 is 1.62 bits per heavy atom. The molecular weight excluding hydrogens is 410 g/mol. The van der Waals surface area contributed by atoms with E-state index >= 15 is 0 Å². The third kappa shape index (κ3) is 4.89. The van der Waals surface area contributed by atoms with Crippen LogP contribution < -0.4 is 17.0 Å².